The van der Waals surface area contributed by atoms with Crippen LogP contribution in [0.5, 0.6) is 5.75 Å². The molecule has 0 bridgehead atoms. The number of alkyl halides is 2. The third kappa shape index (κ3) is 4.97. The van der Waals surface area contributed by atoms with Crippen molar-refractivity contribution in [2.24, 2.45) is 0 Å². The average Bonchev–Trinajstić information content (AvgIpc) is 2.80. The molecule has 0 aromatic heterocycles. The molecular formula is C14H18Cl2F2N2O2. The van der Waals surface area contributed by atoms with E-state index in [1.165, 1.54) is 0 Å². The van der Waals surface area contributed by atoms with E-state index in [1.54, 1.807) is 19.2 Å². The van der Waals surface area contributed by atoms with Crippen molar-refractivity contribution >= 4 is 29.9 Å². The topological polar surface area (TPSA) is 50.4 Å². The molecule has 2 N–H and O–H groups in total. The fourth-order valence-corrected chi connectivity index (χ4v) is 2.47. The Kier molecular flexibility index (Phi) is 6.84. The summed E-state index contributed by atoms with van der Waals surface area (Å²) in [7, 11) is 1.55. The molecule has 1 fully saturated rings. The Bertz CT molecular complexity index is 530. The Balaban J connectivity index is 0.00000242. The maximum atomic E-state index is 13.0. The summed E-state index contributed by atoms with van der Waals surface area (Å²) in [6.45, 7) is -0.107. The van der Waals surface area contributed by atoms with Crippen molar-refractivity contribution in [1.82, 2.24) is 10.6 Å². The standard InChI is InChI=1S/C14H17ClF2N2O2.ClH/c1-21-10-3-2-9(11(15)6-10)4-5-18-13(20)12-7-14(16,17)8-19-12;/h2-3,6,12,19H,4-5,7-8H2,1H3,(H,18,20);1H. The number of methoxy groups -OCH3 is 1. The number of hydrogen-bond acceptors (Lipinski definition) is 3. The predicted octanol–water partition coefficient (Wildman–Crippen LogP) is 2.43. The highest BCUT2D eigenvalue weighted by atomic mass is 35.5. The summed E-state index contributed by atoms with van der Waals surface area (Å²) in [5, 5.41) is 5.71. The SMILES string of the molecule is COc1ccc(CCNC(=O)C2CC(F)(F)CN2)c(Cl)c1.Cl. The molecule has 0 spiro atoms. The van der Waals surface area contributed by atoms with Crippen molar-refractivity contribution in [2.45, 2.75) is 24.8 Å². The van der Waals surface area contributed by atoms with Gasteiger partial charge >= 0.3 is 0 Å². The van der Waals surface area contributed by atoms with E-state index in [1.807, 2.05) is 6.07 Å². The number of nitrogens with one attached hydrogen (secondary N) is 2. The van der Waals surface area contributed by atoms with E-state index in [-0.39, 0.29) is 12.4 Å². The molecule has 1 aliphatic rings. The fourth-order valence-electron chi connectivity index (χ4n) is 2.20. The Morgan fingerprint density at radius 1 is 1.55 bits per heavy atom. The molecule has 1 amide bonds. The van der Waals surface area contributed by atoms with Crippen LogP contribution in [0, 0.1) is 0 Å². The van der Waals surface area contributed by atoms with Gasteiger partial charge in [-0.2, -0.15) is 0 Å². The summed E-state index contributed by atoms with van der Waals surface area (Å²) in [5.41, 5.74) is 0.863. The molecule has 1 saturated heterocycles. The summed E-state index contributed by atoms with van der Waals surface area (Å²) in [6.07, 6.45) is 0.0693. The average molecular weight is 355 g/mol. The molecule has 1 aromatic carbocycles. The third-order valence-electron chi connectivity index (χ3n) is 3.38. The van der Waals surface area contributed by atoms with Crippen LogP contribution < -0.4 is 15.4 Å². The number of halogens is 4. The van der Waals surface area contributed by atoms with Crippen LogP contribution in [0.25, 0.3) is 0 Å². The summed E-state index contributed by atoms with van der Waals surface area (Å²) in [4.78, 5) is 11.7. The maximum absolute atomic E-state index is 13.0. The van der Waals surface area contributed by atoms with Gasteiger partial charge in [-0.25, -0.2) is 8.78 Å². The van der Waals surface area contributed by atoms with Gasteiger partial charge in [-0.1, -0.05) is 17.7 Å². The Hall–Kier alpha value is -1.11. The Morgan fingerprint density at radius 3 is 2.82 bits per heavy atom. The number of benzene rings is 1. The highest BCUT2D eigenvalue weighted by Gasteiger charge is 2.42. The normalized spacial score (nSPS) is 19.4. The van der Waals surface area contributed by atoms with Crippen LogP contribution in [0.3, 0.4) is 0 Å². The monoisotopic (exact) mass is 354 g/mol. The summed E-state index contributed by atoms with van der Waals surface area (Å²) < 4.78 is 31.0. The molecule has 0 saturated carbocycles. The van der Waals surface area contributed by atoms with Gasteiger partial charge in [0.1, 0.15) is 5.75 Å². The molecule has 4 nitrogen and oxygen atoms in total. The van der Waals surface area contributed by atoms with Gasteiger partial charge in [0.15, 0.2) is 0 Å². The zero-order chi connectivity index (χ0) is 15.5. The first-order valence-corrected chi connectivity index (χ1v) is 7.00. The summed E-state index contributed by atoms with van der Waals surface area (Å²) in [5.74, 6) is -2.55. The van der Waals surface area contributed by atoms with Crippen LogP contribution in [0.2, 0.25) is 5.02 Å². The van der Waals surface area contributed by atoms with Gasteiger partial charge in [0.05, 0.1) is 19.7 Å². The second-order valence-electron chi connectivity index (χ2n) is 4.99. The second-order valence-corrected chi connectivity index (χ2v) is 5.40. The van der Waals surface area contributed by atoms with Gasteiger partial charge in [0.2, 0.25) is 5.91 Å². The van der Waals surface area contributed by atoms with Crippen molar-refractivity contribution in [3.05, 3.63) is 28.8 Å². The number of hydrogen-bond donors (Lipinski definition) is 2. The second kappa shape index (κ2) is 7.94. The first-order valence-electron chi connectivity index (χ1n) is 6.62. The van der Waals surface area contributed by atoms with Crippen LogP contribution in [0.15, 0.2) is 18.2 Å². The number of carbonyl (C=O) groups is 1. The smallest absolute Gasteiger partial charge is 0.262 e. The largest absolute Gasteiger partial charge is 0.497 e. The number of amides is 1. The molecule has 1 unspecified atom stereocenters. The van der Waals surface area contributed by atoms with E-state index in [4.69, 9.17) is 16.3 Å². The maximum Gasteiger partial charge on any atom is 0.262 e. The molecule has 8 heteroatoms. The third-order valence-corrected chi connectivity index (χ3v) is 3.73. The molecule has 1 aromatic rings. The van der Waals surface area contributed by atoms with E-state index in [9.17, 15) is 13.6 Å². The lowest BCUT2D eigenvalue weighted by molar-refractivity contribution is -0.123. The van der Waals surface area contributed by atoms with Gasteiger partial charge in [-0.15, -0.1) is 12.4 Å². The van der Waals surface area contributed by atoms with Gasteiger partial charge in [0.25, 0.3) is 5.92 Å². The van der Waals surface area contributed by atoms with E-state index in [2.05, 4.69) is 10.6 Å². The van der Waals surface area contributed by atoms with Crippen molar-refractivity contribution in [2.75, 3.05) is 20.2 Å². The number of rotatable bonds is 5. The molecule has 0 aliphatic carbocycles. The van der Waals surface area contributed by atoms with E-state index in [0.717, 1.165) is 5.56 Å². The molecule has 1 aliphatic heterocycles. The number of carbonyl (C=O) groups excluding carboxylic acids is 1. The number of ether oxygens (including phenoxy) is 1. The van der Waals surface area contributed by atoms with Crippen molar-refractivity contribution < 1.29 is 18.3 Å². The lowest BCUT2D eigenvalue weighted by Gasteiger charge is -2.12. The molecule has 124 valence electrons. The Labute approximate surface area is 139 Å². The predicted molar refractivity (Wildman–Crippen MR) is 83.3 cm³/mol. The molecule has 0 radical (unpaired) electrons. The minimum atomic E-state index is -2.80. The van der Waals surface area contributed by atoms with Crippen LogP contribution in [-0.2, 0) is 11.2 Å². The molecule has 1 heterocycles. The summed E-state index contributed by atoms with van der Waals surface area (Å²) in [6, 6.07) is 4.46. The molecule has 2 rings (SSSR count). The van der Waals surface area contributed by atoms with E-state index < -0.39 is 30.8 Å². The molecule has 1 atom stereocenters. The zero-order valence-corrected chi connectivity index (χ0v) is 13.6. The fraction of sp³-hybridized carbons (Fsp3) is 0.500. The molecular weight excluding hydrogens is 337 g/mol. The minimum absolute atomic E-state index is 0. The van der Waals surface area contributed by atoms with Gasteiger partial charge in [-0.3, -0.25) is 10.1 Å². The van der Waals surface area contributed by atoms with Gasteiger partial charge in [0, 0.05) is 18.0 Å². The Morgan fingerprint density at radius 2 is 2.27 bits per heavy atom. The highest BCUT2D eigenvalue weighted by Crippen LogP contribution is 2.25. The summed E-state index contributed by atoms with van der Waals surface area (Å²) >= 11 is 6.08. The van der Waals surface area contributed by atoms with Crippen LogP contribution in [0.4, 0.5) is 8.78 Å². The first kappa shape index (κ1) is 18.9. The van der Waals surface area contributed by atoms with Crippen molar-refractivity contribution in [3.8, 4) is 5.75 Å². The zero-order valence-electron chi connectivity index (χ0n) is 12.0. The minimum Gasteiger partial charge on any atom is -0.497 e. The van der Waals surface area contributed by atoms with Gasteiger partial charge < -0.3 is 10.1 Å². The molecule has 22 heavy (non-hydrogen) atoms. The van der Waals surface area contributed by atoms with E-state index in [0.29, 0.717) is 23.7 Å². The van der Waals surface area contributed by atoms with Crippen LogP contribution in [0.1, 0.15) is 12.0 Å². The van der Waals surface area contributed by atoms with Gasteiger partial charge in [-0.05, 0) is 24.1 Å². The highest BCUT2D eigenvalue weighted by molar-refractivity contribution is 6.31. The lowest BCUT2D eigenvalue weighted by atomic mass is 10.1. The van der Waals surface area contributed by atoms with E-state index >= 15 is 0 Å². The lowest BCUT2D eigenvalue weighted by Crippen LogP contribution is -2.41. The van der Waals surface area contributed by atoms with Crippen LogP contribution >= 0.6 is 24.0 Å². The first-order chi connectivity index (χ1) is 9.91. The van der Waals surface area contributed by atoms with Crippen molar-refractivity contribution in [3.63, 3.8) is 0 Å². The van der Waals surface area contributed by atoms with Crippen LogP contribution in [-0.4, -0.2) is 38.1 Å². The van der Waals surface area contributed by atoms with Crippen molar-refractivity contribution in [1.29, 1.82) is 0 Å². The quantitative estimate of drug-likeness (QED) is 0.853.